The van der Waals surface area contributed by atoms with Gasteiger partial charge in [0.2, 0.25) is 0 Å². The van der Waals surface area contributed by atoms with Crippen molar-refractivity contribution >= 4 is 0 Å². The molecule has 66 valence electrons. The van der Waals surface area contributed by atoms with Crippen LogP contribution in [0.2, 0.25) is 0 Å². The van der Waals surface area contributed by atoms with Gasteiger partial charge in [0.1, 0.15) is 0 Å². The Morgan fingerprint density at radius 2 is 1.08 bits per heavy atom. The van der Waals surface area contributed by atoms with Crippen LogP contribution in [0, 0.1) is 0 Å². The summed E-state index contributed by atoms with van der Waals surface area (Å²) in [5, 5.41) is 0. The van der Waals surface area contributed by atoms with E-state index in [1.807, 2.05) is 24.3 Å². The summed E-state index contributed by atoms with van der Waals surface area (Å²) >= 11 is -0.839. The van der Waals surface area contributed by atoms with Crippen LogP contribution in [0.25, 0.3) is 0 Å². The van der Waals surface area contributed by atoms with Gasteiger partial charge in [0.15, 0.2) is 0 Å². The molecule has 0 N–H and O–H groups in total. The Hall–Kier alpha value is -0.752. The summed E-state index contributed by atoms with van der Waals surface area (Å²) in [6, 6.07) is 0.645. The molecule has 0 aromatic rings. The molecule has 0 spiro atoms. The zero-order chi connectivity index (χ0) is 8.93. The van der Waals surface area contributed by atoms with Gasteiger partial charge in [0.05, 0.1) is 0 Å². The van der Waals surface area contributed by atoms with Crippen molar-refractivity contribution in [3.63, 3.8) is 0 Å². The molecule has 0 fully saturated rings. The van der Waals surface area contributed by atoms with E-state index in [0.717, 1.165) is 0 Å². The second-order valence-corrected chi connectivity index (χ2v) is 4.91. The quantitative estimate of drug-likeness (QED) is 0.737. The van der Waals surface area contributed by atoms with E-state index in [4.69, 9.17) is 0 Å². The third-order valence-corrected chi connectivity index (χ3v) is 4.22. The topological polar surface area (TPSA) is 24.7 Å². The fourth-order valence-corrected chi connectivity index (χ4v) is 3.10. The van der Waals surface area contributed by atoms with Crippen molar-refractivity contribution in [1.82, 2.24) is 0 Å². The molecule has 0 unspecified atom stereocenters. The minimum atomic E-state index is -0.839. The first kappa shape index (κ1) is 8.83. The van der Waals surface area contributed by atoms with E-state index >= 15 is 0 Å². The molecule has 2 aliphatic carbocycles. The van der Waals surface area contributed by atoms with Crippen LogP contribution in [0.1, 0.15) is 0 Å². The van der Waals surface area contributed by atoms with Crippen LogP contribution in [0.15, 0.2) is 55.6 Å². The van der Waals surface area contributed by atoms with Crippen LogP contribution in [0.4, 0.5) is 0 Å². The standard InChI is InChI=1S/2C5H5N.W/c2*6-5-3-1-2-4-5;/h2*1-5H;. The molecule has 2 nitrogen and oxygen atoms in total. The van der Waals surface area contributed by atoms with E-state index in [9.17, 15) is 0 Å². The Morgan fingerprint density at radius 1 is 0.692 bits per heavy atom. The number of hydrogen-bond donors (Lipinski definition) is 0. The molecule has 0 amide bonds. The van der Waals surface area contributed by atoms with Crippen molar-refractivity contribution in [1.29, 1.82) is 0 Å². The monoisotopic (exact) mass is 342 g/mol. The van der Waals surface area contributed by atoms with Gasteiger partial charge < -0.3 is 0 Å². The predicted molar refractivity (Wildman–Crippen MR) is 49.0 cm³/mol. The number of rotatable bonds is 2. The molecule has 2 rings (SSSR count). The van der Waals surface area contributed by atoms with Crippen LogP contribution in [0.5, 0.6) is 0 Å². The van der Waals surface area contributed by atoms with Gasteiger partial charge in [-0.1, -0.05) is 0 Å². The maximum absolute atomic E-state index is 4.55. The van der Waals surface area contributed by atoms with Crippen LogP contribution in [-0.4, -0.2) is 12.1 Å². The van der Waals surface area contributed by atoms with E-state index < -0.39 is 18.2 Å². The van der Waals surface area contributed by atoms with Crippen LogP contribution in [0.3, 0.4) is 0 Å². The van der Waals surface area contributed by atoms with Crippen molar-refractivity contribution in [2.24, 2.45) is 6.99 Å². The van der Waals surface area contributed by atoms with Crippen molar-refractivity contribution in [2.45, 2.75) is 12.1 Å². The molecule has 2 aliphatic rings. The van der Waals surface area contributed by atoms with E-state index in [2.05, 4.69) is 31.3 Å². The van der Waals surface area contributed by atoms with E-state index in [-0.39, 0.29) is 0 Å². The number of hydrogen-bond acceptors (Lipinski definition) is 2. The summed E-state index contributed by atoms with van der Waals surface area (Å²) < 4.78 is 9.09. The number of nitrogens with zero attached hydrogens (tertiary/aromatic N) is 2. The van der Waals surface area contributed by atoms with Gasteiger partial charge in [-0.05, 0) is 0 Å². The summed E-state index contributed by atoms with van der Waals surface area (Å²) in [6.45, 7) is 0. The van der Waals surface area contributed by atoms with E-state index in [0.29, 0.717) is 12.1 Å². The van der Waals surface area contributed by atoms with Gasteiger partial charge in [0.25, 0.3) is 0 Å². The molecule has 0 aromatic heterocycles. The Kier molecular flexibility index (Phi) is 3.04. The summed E-state index contributed by atoms with van der Waals surface area (Å²) in [5.41, 5.74) is 0. The van der Waals surface area contributed by atoms with E-state index in [1.165, 1.54) is 0 Å². The Labute approximate surface area is 86.0 Å². The van der Waals surface area contributed by atoms with Crippen molar-refractivity contribution < 1.29 is 18.2 Å². The SMILES string of the molecule is C1=CC([N]=[W]=[N]C2C=CC=C2)C=C1. The molecule has 0 bridgehead atoms. The van der Waals surface area contributed by atoms with Gasteiger partial charge in [-0.3, -0.25) is 0 Å². The van der Waals surface area contributed by atoms with Crippen LogP contribution in [-0.2, 0) is 18.2 Å². The Morgan fingerprint density at radius 3 is 1.46 bits per heavy atom. The van der Waals surface area contributed by atoms with Gasteiger partial charge >= 0.3 is 85.9 Å². The maximum atomic E-state index is 4.55. The first-order valence-corrected chi connectivity index (χ1v) is 6.84. The van der Waals surface area contributed by atoms with Gasteiger partial charge in [-0.2, -0.15) is 0 Å². The second-order valence-electron chi connectivity index (χ2n) is 2.81. The summed E-state index contributed by atoms with van der Waals surface area (Å²) in [4.78, 5) is 0. The van der Waals surface area contributed by atoms with Gasteiger partial charge in [-0.25, -0.2) is 0 Å². The third kappa shape index (κ3) is 2.60. The molecular formula is C10H10N2W. The number of allylic oxidation sites excluding steroid dienone is 4. The molecule has 3 heteroatoms. The van der Waals surface area contributed by atoms with Crippen LogP contribution >= 0.6 is 0 Å². The first-order valence-electron chi connectivity index (χ1n) is 4.21. The molecule has 0 radical (unpaired) electrons. The molecule has 0 aromatic carbocycles. The molecule has 0 saturated carbocycles. The fourth-order valence-electron chi connectivity index (χ4n) is 1.12. The molecule has 0 saturated heterocycles. The van der Waals surface area contributed by atoms with Crippen molar-refractivity contribution in [3.8, 4) is 0 Å². The molecule has 0 atom stereocenters. The van der Waals surface area contributed by atoms with E-state index in [1.54, 1.807) is 0 Å². The molecule has 0 heterocycles. The first-order chi connectivity index (χ1) is 6.45. The minimum absolute atomic E-state index is 0.322. The average molecular weight is 342 g/mol. The molecule has 13 heavy (non-hydrogen) atoms. The van der Waals surface area contributed by atoms with Crippen molar-refractivity contribution in [3.05, 3.63) is 48.6 Å². The molecular weight excluding hydrogens is 332 g/mol. The summed E-state index contributed by atoms with van der Waals surface area (Å²) in [6.07, 6.45) is 16.6. The van der Waals surface area contributed by atoms with Gasteiger partial charge in [0, 0.05) is 0 Å². The zero-order valence-corrected chi connectivity index (χ0v) is 10.0. The average Bonchev–Trinajstić information content (AvgIpc) is 2.75. The Bertz CT molecular complexity index is 301. The normalized spacial score (nSPS) is 20.0. The molecule has 0 aliphatic heterocycles. The van der Waals surface area contributed by atoms with Crippen molar-refractivity contribution in [2.75, 3.05) is 0 Å². The fraction of sp³-hybridized carbons (Fsp3) is 0.200. The van der Waals surface area contributed by atoms with Gasteiger partial charge in [-0.15, -0.1) is 0 Å². The third-order valence-electron chi connectivity index (χ3n) is 1.79. The van der Waals surface area contributed by atoms with Crippen LogP contribution < -0.4 is 0 Å². The second kappa shape index (κ2) is 4.47. The predicted octanol–water partition coefficient (Wildman–Crippen LogP) is 2.43. The summed E-state index contributed by atoms with van der Waals surface area (Å²) in [7, 11) is 0. The zero-order valence-electron chi connectivity index (χ0n) is 7.08. The Balaban J connectivity index is 1.95. The summed E-state index contributed by atoms with van der Waals surface area (Å²) in [5.74, 6) is 0.